The standard InChI is InChI=1S/C11H12O/c1-3-10-6-5-9(8-12)7-11(10)4-2/h3-7,12H,1-2,8H2. The maximum Gasteiger partial charge on any atom is 0.0682 e. The molecule has 0 aromatic heterocycles. The van der Waals surface area contributed by atoms with Crippen LogP contribution in [0.25, 0.3) is 12.2 Å². The van der Waals surface area contributed by atoms with Crippen LogP contribution in [-0.4, -0.2) is 5.11 Å². The largest absolute Gasteiger partial charge is 0.392 e. The number of aliphatic hydroxyl groups excluding tert-OH is 1. The second kappa shape index (κ2) is 3.88. The van der Waals surface area contributed by atoms with Gasteiger partial charge >= 0.3 is 0 Å². The summed E-state index contributed by atoms with van der Waals surface area (Å²) in [5.74, 6) is 0. The molecule has 0 spiro atoms. The Morgan fingerprint density at radius 3 is 2.33 bits per heavy atom. The first kappa shape index (κ1) is 8.75. The van der Waals surface area contributed by atoms with E-state index in [0.717, 1.165) is 16.7 Å². The van der Waals surface area contributed by atoms with E-state index in [0.29, 0.717) is 0 Å². The van der Waals surface area contributed by atoms with Crippen LogP contribution in [0.2, 0.25) is 0 Å². The summed E-state index contributed by atoms with van der Waals surface area (Å²) in [5, 5.41) is 8.86. The van der Waals surface area contributed by atoms with Gasteiger partial charge in [0.05, 0.1) is 6.61 Å². The van der Waals surface area contributed by atoms with Crippen molar-refractivity contribution in [3.05, 3.63) is 48.0 Å². The van der Waals surface area contributed by atoms with Gasteiger partial charge in [0.2, 0.25) is 0 Å². The van der Waals surface area contributed by atoms with Gasteiger partial charge in [0.25, 0.3) is 0 Å². The zero-order valence-electron chi connectivity index (χ0n) is 6.96. The molecule has 1 rings (SSSR count). The smallest absolute Gasteiger partial charge is 0.0682 e. The summed E-state index contributed by atoms with van der Waals surface area (Å²) in [4.78, 5) is 0. The van der Waals surface area contributed by atoms with Crippen molar-refractivity contribution >= 4 is 12.2 Å². The highest BCUT2D eigenvalue weighted by Gasteiger charge is 1.96. The average Bonchev–Trinajstić information content (AvgIpc) is 2.16. The highest BCUT2D eigenvalue weighted by atomic mass is 16.3. The topological polar surface area (TPSA) is 20.2 Å². The predicted octanol–water partition coefficient (Wildman–Crippen LogP) is 2.46. The van der Waals surface area contributed by atoms with Gasteiger partial charge in [-0.25, -0.2) is 0 Å². The van der Waals surface area contributed by atoms with E-state index in [4.69, 9.17) is 5.11 Å². The molecule has 0 saturated carbocycles. The molecule has 0 aliphatic rings. The van der Waals surface area contributed by atoms with E-state index in [1.54, 1.807) is 12.2 Å². The Balaban J connectivity index is 3.18. The number of rotatable bonds is 3. The molecule has 1 aromatic carbocycles. The maximum absolute atomic E-state index is 8.86. The van der Waals surface area contributed by atoms with Gasteiger partial charge in [0.1, 0.15) is 0 Å². The van der Waals surface area contributed by atoms with Crippen molar-refractivity contribution in [1.29, 1.82) is 0 Å². The zero-order valence-corrected chi connectivity index (χ0v) is 6.96. The minimum absolute atomic E-state index is 0.0677. The molecule has 0 aliphatic carbocycles. The molecule has 0 radical (unpaired) electrons. The molecule has 0 bridgehead atoms. The number of benzene rings is 1. The molecule has 62 valence electrons. The van der Waals surface area contributed by atoms with Gasteiger partial charge in [0, 0.05) is 0 Å². The van der Waals surface area contributed by atoms with Crippen LogP contribution in [0.4, 0.5) is 0 Å². The van der Waals surface area contributed by atoms with Crippen LogP contribution in [0.3, 0.4) is 0 Å². The molecule has 1 aromatic rings. The van der Waals surface area contributed by atoms with Gasteiger partial charge in [-0.3, -0.25) is 0 Å². The maximum atomic E-state index is 8.86. The van der Waals surface area contributed by atoms with Crippen molar-refractivity contribution in [3.63, 3.8) is 0 Å². The summed E-state index contributed by atoms with van der Waals surface area (Å²) in [6.07, 6.45) is 3.54. The Hall–Kier alpha value is -1.34. The third-order valence-corrected chi connectivity index (χ3v) is 1.77. The van der Waals surface area contributed by atoms with E-state index >= 15 is 0 Å². The molecular formula is C11H12O. The lowest BCUT2D eigenvalue weighted by Crippen LogP contribution is -1.86. The van der Waals surface area contributed by atoms with Gasteiger partial charge in [-0.05, 0) is 22.8 Å². The van der Waals surface area contributed by atoms with Crippen molar-refractivity contribution < 1.29 is 5.11 Å². The van der Waals surface area contributed by atoms with Crippen LogP contribution in [0.15, 0.2) is 31.4 Å². The number of hydrogen-bond acceptors (Lipinski definition) is 1. The predicted molar refractivity (Wildman–Crippen MR) is 52.5 cm³/mol. The molecule has 1 nitrogen and oxygen atoms in total. The van der Waals surface area contributed by atoms with Gasteiger partial charge in [-0.1, -0.05) is 37.4 Å². The lowest BCUT2D eigenvalue weighted by Gasteiger charge is -2.02. The normalized spacial score (nSPS) is 9.42. The Morgan fingerprint density at radius 2 is 1.83 bits per heavy atom. The van der Waals surface area contributed by atoms with Crippen LogP contribution >= 0.6 is 0 Å². The molecule has 0 fully saturated rings. The molecule has 0 aliphatic heterocycles. The minimum atomic E-state index is 0.0677. The number of hydrogen-bond donors (Lipinski definition) is 1. The fraction of sp³-hybridized carbons (Fsp3) is 0.0909. The third kappa shape index (κ3) is 1.63. The third-order valence-electron chi connectivity index (χ3n) is 1.77. The van der Waals surface area contributed by atoms with Crippen LogP contribution < -0.4 is 0 Å². The first-order valence-corrected chi connectivity index (χ1v) is 3.80. The highest BCUT2D eigenvalue weighted by molar-refractivity contribution is 5.64. The summed E-state index contributed by atoms with van der Waals surface area (Å²) in [6.45, 7) is 7.44. The summed E-state index contributed by atoms with van der Waals surface area (Å²) >= 11 is 0. The molecule has 0 saturated heterocycles. The van der Waals surface area contributed by atoms with Gasteiger partial charge in [-0.15, -0.1) is 0 Å². The van der Waals surface area contributed by atoms with Crippen LogP contribution in [0.1, 0.15) is 16.7 Å². The monoisotopic (exact) mass is 160 g/mol. The fourth-order valence-corrected chi connectivity index (χ4v) is 1.09. The fourth-order valence-electron chi connectivity index (χ4n) is 1.09. The van der Waals surface area contributed by atoms with Crippen LogP contribution in [0, 0.1) is 0 Å². The first-order valence-electron chi connectivity index (χ1n) is 3.80. The molecule has 1 N–H and O–H groups in total. The second-order valence-corrected chi connectivity index (χ2v) is 2.53. The molecular weight excluding hydrogens is 148 g/mol. The summed E-state index contributed by atoms with van der Waals surface area (Å²) < 4.78 is 0. The van der Waals surface area contributed by atoms with E-state index in [9.17, 15) is 0 Å². The van der Waals surface area contributed by atoms with Crippen LogP contribution in [0.5, 0.6) is 0 Å². The molecule has 0 atom stereocenters. The van der Waals surface area contributed by atoms with E-state index in [2.05, 4.69) is 13.2 Å². The minimum Gasteiger partial charge on any atom is -0.392 e. The van der Waals surface area contributed by atoms with E-state index in [1.807, 2.05) is 18.2 Å². The van der Waals surface area contributed by atoms with E-state index < -0.39 is 0 Å². The van der Waals surface area contributed by atoms with Crippen molar-refractivity contribution in [3.8, 4) is 0 Å². The second-order valence-electron chi connectivity index (χ2n) is 2.53. The molecule has 0 heterocycles. The Morgan fingerprint density at radius 1 is 1.17 bits per heavy atom. The lowest BCUT2D eigenvalue weighted by molar-refractivity contribution is 0.282. The van der Waals surface area contributed by atoms with Crippen molar-refractivity contribution in [2.45, 2.75) is 6.61 Å². The van der Waals surface area contributed by atoms with Crippen molar-refractivity contribution in [2.75, 3.05) is 0 Å². The van der Waals surface area contributed by atoms with Crippen molar-refractivity contribution in [1.82, 2.24) is 0 Å². The zero-order chi connectivity index (χ0) is 8.97. The van der Waals surface area contributed by atoms with Gasteiger partial charge in [-0.2, -0.15) is 0 Å². The van der Waals surface area contributed by atoms with Crippen LogP contribution in [-0.2, 0) is 6.61 Å². The quantitative estimate of drug-likeness (QED) is 0.720. The van der Waals surface area contributed by atoms with E-state index in [-0.39, 0.29) is 6.61 Å². The summed E-state index contributed by atoms with van der Waals surface area (Å²) in [5.41, 5.74) is 2.95. The first-order chi connectivity index (χ1) is 5.81. The molecule has 0 unspecified atom stereocenters. The van der Waals surface area contributed by atoms with Gasteiger partial charge in [0.15, 0.2) is 0 Å². The Labute approximate surface area is 72.7 Å². The van der Waals surface area contributed by atoms with Gasteiger partial charge < -0.3 is 5.11 Å². The summed E-state index contributed by atoms with van der Waals surface area (Å²) in [6, 6.07) is 5.71. The average molecular weight is 160 g/mol. The lowest BCUT2D eigenvalue weighted by atomic mass is 10.0. The van der Waals surface area contributed by atoms with Crippen molar-refractivity contribution in [2.24, 2.45) is 0 Å². The number of aliphatic hydroxyl groups is 1. The highest BCUT2D eigenvalue weighted by Crippen LogP contribution is 2.14. The SMILES string of the molecule is C=Cc1ccc(CO)cc1C=C. The molecule has 12 heavy (non-hydrogen) atoms. The Kier molecular flexibility index (Phi) is 2.83. The Bertz CT molecular complexity index is 300. The summed E-state index contributed by atoms with van der Waals surface area (Å²) in [7, 11) is 0. The van der Waals surface area contributed by atoms with E-state index in [1.165, 1.54) is 0 Å². The molecule has 0 amide bonds. The molecule has 1 heteroatoms.